The van der Waals surface area contributed by atoms with Crippen molar-refractivity contribution in [2.75, 3.05) is 6.54 Å². The van der Waals surface area contributed by atoms with Crippen molar-refractivity contribution in [1.29, 1.82) is 0 Å². The van der Waals surface area contributed by atoms with Gasteiger partial charge in [0.1, 0.15) is 0 Å². The highest BCUT2D eigenvalue weighted by molar-refractivity contribution is 6.21. The van der Waals surface area contributed by atoms with Crippen LogP contribution in [0.3, 0.4) is 0 Å². The number of aromatic nitrogens is 2. The molecule has 2 aromatic rings. The molecule has 1 aliphatic heterocycles. The molecule has 0 saturated heterocycles. The maximum atomic E-state index is 12.3. The minimum atomic E-state index is -0.165. The summed E-state index contributed by atoms with van der Waals surface area (Å²) in [7, 11) is 0. The van der Waals surface area contributed by atoms with Crippen molar-refractivity contribution >= 4 is 24.2 Å². The minimum absolute atomic E-state index is 0. The summed E-state index contributed by atoms with van der Waals surface area (Å²) in [4.78, 5) is 30.0. The number of hydrogen-bond donors (Lipinski definition) is 0. The third-order valence-corrected chi connectivity index (χ3v) is 3.81. The Morgan fingerprint density at radius 3 is 2.55 bits per heavy atom. The second-order valence-corrected chi connectivity index (χ2v) is 5.27. The van der Waals surface area contributed by atoms with Gasteiger partial charge in [-0.2, -0.15) is 0 Å². The van der Waals surface area contributed by atoms with Gasteiger partial charge in [-0.05, 0) is 31.4 Å². The lowest BCUT2D eigenvalue weighted by atomic mass is 10.0. The minimum Gasteiger partial charge on any atom is -0.337 e. The molecule has 22 heavy (non-hydrogen) atoms. The van der Waals surface area contributed by atoms with Crippen LogP contribution in [0.5, 0.6) is 0 Å². The molecule has 2 heterocycles. The highest BCUT2D eigenvalue weighted by atomic mass is 35.5. The van der Waals surface area contributed by atoms with Gasteiger partial charge in [-0.15, -0.1) is 12.4 Å². The van der Waals surface area contributed by atoms with Crippen LogP contribution in [0, 0.1) is 6.92 Å². The van der Waals surface area contributed by atoms with E-state index < -0.39 is 0 Å². The molecule has 6 heteroatoms. The van der Waals surface area contributed by atoms with Gasteiger partial charge in [0.2, 0.25) is 0 Å². The third kappa shape index (κ3) is 2.90. The van der Waals surface area contributed by atoms with E-state index in [0.29, 0.717) is 17.7 Å². The summed E-state index contributed by atoms with van der Waals surface area (Å²) in [6.07, 6.45) is 7.12. The predicted octanol–water partition coefficient (Wildman–Crippen LogP) is 2.69. The van der Waals surface area contributed by atoms with E-state index in [9.17, 15) is 9.59 Å². The molecule has 2 amide bonds. The Morgan fingerprint density at radius 2 is 1.86 bits per heavy atom. The van der Waals surface area contributed by atoms with Crippen molar-refractivity contribution < 1.29 is 9.59 Å². The van der Waals surface area contributed by atoms with Crippen molar-refractivity contribution in [1.82, 2.24) is 14.5 Å². The van der Waals surface area contributed by atoms with E-state index in [1.54, 1.807) is 18.6 Å². The lowest BCUT2D eigenvalue weighted by Crippen LogP contribution is -2.30. The van der Waals surface area contributed by atoms with Crippen LogP contribution < -0.4 is 0 Å². The van der Waals surface area contributed by atoms with Gasteiger partial charge >= 0.3 is 0 Å². The number of carbonyl (C=O) groups excluding carboxylic acids is 2. The molecule has 0 bridgehead atoms. The largest absolute Gasteiger partial charge is 0.337 e. The summed E-state index contributed by atoms with van der Waals surface area (Å²) in [6, 6.07) is 5.42. The monoisotopic (exact) mass is 319 g/mol. The highest BCUT2D eigenvalue weighted by Gasteiger charge is 2.35. The number of nitrogens with zero attached hydrogens (tertiary/aromatic N) is 3. The van der Waals surface area contributed by atoms with Gasteiger partial charge in [0.15, 0.2) is 0 Å². The Bertz CT molecular complexity index is 683. The first-order valence-corrected chi connectivity index (χ1v) is 7.10. The first-order valence-electron chi connectivity index (χ1n) is 7.10. The summed E-state index contributed by atoms with van der Waals surface area (Å²) >= 11 is 0. The van der Waals surface area contributed by atoms with Gasteiger partial charge in [0.05, 0.1) is 17.5 Å². The Kier molecular flexibility index (Phi) is 4.98. The lowest BCUT2D eigenvalue weighted by molar-refractivity contribution is 0.0651. The molecule has 0 aliphatic carbocycles. The van der Waals surface area contributed by atoms with E-state index in [2.05, 4.69) is 4.98 Å². The van der Waals surface area contributed by atoms with Crippen LogP contribution in [-0.2, 0) is 6.54 Å². The normalized spacial score (nSPS) is 13.2. The number of imidazole rings is 1. The van der Waals surface area contributed by atoms with Crippen LogP contribution in [0.4, 0.5) is 0 Å². The zero-order valence-electron chi connectivity index (χ0n) is 12.4. The van der Waals surface area contributed by atoms with E-state index in [1.165, 1.54) is 4.90 Å². The fraction of sp³-hybridized carbons (Fsp3) is 0.312. The van der Waals surface area contributed by atoms with Crippen molar-refractivity contribution in [3.63, 3.8) is 0 Å². The number of carbonyl (C=O) groups is 2. The molecule has 0 radical (unpaired) electrons. The Balaban J connectivity index is 0.00000176. The molecular formula is C16H18ClN3O2. The molecule has 5 nitrogen and oxygen atoms in total. The second kappa shape index (κ2) is 6.75. The third-order valence-electron chi connectivity index (χ3n) is 3.81. The van der Waals surface area contributed by atoms with E-state index in [0.717, 1.165) is 24.9 Å². The molecule has 1 aromatic heterocycles. The van der Waals surface area contributed by atoms with Gasteiger partial charge in [-0.1, -0.05) is 12.1 Å². The maximum absolute atomic E-state index is 12.3. The summed E-state index contributed by atoms with van der Waals surface area (Å²) < 4.78 is 1.99. The average Bonchev–Trinajstić information content (AvgIpc) is 3.06. The van der Waals surface area contributed by atoms with Crippen LogP contribution in [-0.4, -0.2) is 32.8 Å². The number of hydrogen-bond acceptors (Lipinski definition) is 3. The van der Waals surface area contributed by atoms with Gasteiger partial charge in [-0.25, -0.2) is 4.98 Å². The molecule has 1 aromatic carbocycles. The lowest BCUT2D eigenvalue weighted by Gasteiger charge is -2.13. The van der Waals surface area contributed by atoms with Crippen molar-refractivity contribution in [2.24, 2.45) is 0 Å². The first-order chi connectivity index (χ1) is 10.2. The van der Waals surface area contributed by atoms with Crippen LogP contribution in [0.15, 0.2) is 36.9 Å². The topological polar surface area (TPSA) is 55.2 Å². The molecule has 0 atom stereocenters. The summed E-state index contributed by atoms with van der Waals surface area (Å²) in [5.41, 5.74) is 1.97. The van der Waals surface area contributed by atoms with Crippen LogP contribution in [0.2, 0.25) is 0 Å². The molecule has 0 N–H and O–H groups in total. The summed E-state index contributed by atoms with van der Waals surface area (Å²) in [5.74, 6) is -0.322. The molecule has 1 aliphatic rings. The van der Waals surface area contributed by atoms with E-state index in [-0.39, 0.29) is 24.2 Å². The standard InChI is InChI=1S/C16H17N3O2.ClH/c1-12-5-4-6-13-14(12)16(21)19(15(13)20)9-3-2-8-18-10-7-17-11-18;/h4-7,10-11H,2-3,8-9H2,1H3;1H. The smallest absolute Gasteiger partial charge is 0.261 e. The molecule has 3 rings (SSSR count). The van der Waals surface area contributed by atoms with Gasteiger partial charge in [0.25, 0.3) is 11.8 Å². The number of amides is 2. The van der Waals surface area contributed by atoms with Gasteiger partial charge in [0, 0.05) is 25.5 Å². The van der Waals surface area contributed by atoms with Gasteiger partial charge < -0.3 is 4.57 Å². The molecule has 0 saturated carbocycles. The SMILES string of the molecule is Cc1cccc2c1C(=O)N(CCCCn1ccnc1)C2=O.Cl. The number of imide groups is 1. The van der Waals surface area contributed by atoms with Crippen LogP contribution in [0.25, 0.3) is 0 Å². The zero-order valence-corrected chi connectivity index (χ0v) is 13.2. The van der Waals surface area contributed by atoms with E-state index in [4.69, 9.17) is 0 Å². The van der Waals surface area contributed by atoms with Crippen molar-refractivity contribution in [3.05, 3.63) is 53.6 Å². The number of benzene rings is 1. The molecule has 0 spiro atoms. The van der Waals surface area contributed by atoms with E-state index >= 15 is 0 Å². The van der Waals surface area contributed by atoms with Crippen molar-refractivity contribution in [3.8, 4) is 0 Å². The fourth-order valence-corrected chi connectivity index (χ4v) is 2.69. The Hall–Kier alpha value is -2.14. The summed E-state index contributed by atoms with van der Waals surface area (Å²) in [6.45, 7) is 3.19. The predicted molar refractivity (Wildman–Crippen MR) is 85.3 cm³/mol. The van der Waals surface area contributed by atoms with Crippen LogP contribution in [0.1, 0.15) is 39.1 Å². The summed E-state index contributed by atoms with van der Waals surface area (Å²) in [5, 5.41) is 0. The van der Waals surface area contributed by atoms with Crippen molar-refractivity contribution in [2.45, 2.75) is 26.3 Å². The number of rotatable bonds is 5. The fourth-order valence-electron chi connectivity index (χ4n) is 2.69. The number of aryl methyl sites for hydroxylation is 2. The molecule has 116 valence electrons. The maximum Gasteiger partial charge on any atom is 0.261 e. The van der Waals surface area contributed by atoms with Gasteiger partial charge in [-0.3, -0.25) is 14.5 Å². The molecule has 0 unspecified atom stereocenters. The quantitative estimate of drug-likeness (QED) is 0.629. The van der Waals surface area contributed by atoms with E-state index in [1.807, 2.05) is 29.8 Å². The zero-order chi connectivity index (χ0) is 14.8. The first kappa shape index (κ1) is 16.2. The number of fused-ring (bicyclic) bond motifs is 1. The molecular weight excluding hydrogens is 302 g/mol. The average molecular weight is 320 g/mol. The second-order valence-electron chi connectivity index (χ2n) is 5.27. The Labute approximate surface area is 135 Å². The van der Waals surface area contributed by atoms with Crippen LogP contribution >= 0.6 is 12.4 Å². The Morgan fingerprint density at radius 1 is 1.09 bits per heavy atom. The molecule has 0 fully saturated rings. The number of halogens is 1. The highest BCUT2D eigenvalue weighted by Crippen LogP contribution is 2.25. The number of unbranched alkanes of at least 4 members (excludes halogenated alkanes) is 1.